The SMILES string of the molecule is Oc1cc(Br)cc(-c2cccc(F)c2F)c1. The highest BCUT2D eigenvalue weighted by atomic mass is 79.9. The number of hydrogen-bond donors (Lipinski definition) is 1. The van der Waals surface area contributed by atoms with E-state index in [0.717, 1.165) is 6.07 Å². The summed E-state index contributed by atoms with van der Waals surface area (Å²) in [6.45, 7) is 0. The molecule has 0 aliphatic heterocycles. The zero-order chi connectivity index (χ0) is 11.7. The molecule has 16 heavy (non-hydrogen) atoms. The summed E-state index contributed by atoms with van der Waals surface area (Å²) in [5.41, 5.74) is 0.542. The molecule has 82 valence electrons. The fourth-order valence-corrected chi connectivity index (χ4v) is 1.94. The first-order valence-corrected chi connectivity index (χ1v) is 5.31. The van der Waals surface area contributed by atoms with Gasteiger partial charge in [0.2, 0.25) is 0 Å². The second kappa shape index (κ2) is 4.22. The van der Waals surface area contributed by atoms with Crippen molar-refractivity contribution in [1.29, 1.82) is 0 Å². The van der Waals surface area contributed by atoms with E-state index in [0.29, 0.717) is 10.0 Å². The van der Waals surface area contributed by atoms with Gasteiger partial charge in [-0.15, -0.1) is 0 Å². The van der Waals surface area contributed by atoms with Crippen molar-refractivity contribution < 1.29 is 13.9 Å². The Hall–Kier alpha value is -1.42. The molecule has 0 saturated carbocycles. The summed E-state index contributed by atoms with van der Waals surface area (Å²) in [4.78, 5) is 0. The first-order chi connectivity index (χ1) is 7.58. The second-order valence-corrected chi connectivity index (χ2v) is 4.22. The Labute approximate surface area is 99.5 Å². The Balaban J connectivity index is 2.63. The van der Waals surface area contributed by atoms with Crippen molar-refractivity contribution in [3.63, 3.8) is 0 Å². The molecule has 0 fully saturated rings. The monoisotopic (exact) mass is 284 g/mol. The lowest BCUT2D eigenvalue weighted by atomic mass is 10.0. The van der Waals surface area contributed by atoms with Gasteiger partial charge in [0, 0.05) is 10.0 Å². The van der Waals surface area contributed by atoms with Crippen LogP contribution < -0.4 is 0 Å². The number of phenols is 1. The molecular formula is C12H7BrF2O. The highest BCUT2D eigenvalue weighted by molar-refractivity contribution is 9.10. The fraction of sp³-hybridized carbons (Fsp3) is 0. The molecule has 2 aromatic carbocycles. The molecule has 4 heteroatoms. The van der Waals surface area contributed by atoms with Gasteiger partial charge < -0.3 is 5.11 Å². The lowest BCUT2D eigenvalue weighted by molar-refractivity contribution is 0.475. The van der Waals surface area contributed by atoms with E-state index >= 15 is 0 Å². The topological polar surface area (TPSA) is 20.2 Å². The van der Waals surface area contributed by atoms with Crippen LogP contribution >= 0.6 is 15.9 Å². The van der Waals surface area contributed by atoms with Gasteiger partial charge in [0.15, 0.2) is 11.6 Å². The van der Waals surface area contributed by atoms with Crippen LogP contribution in [0.3, 0.4) is 0 Å². The summed E-state index contributed by atoms with van der Waals surface area (Å²) < 4.78 is 27.1. The van der Waals surface area contributed by atoms with Crippen molar-refractivity contribution >= 4 is 15.9 Å². The molecule has 2 aromatic rings. The zero-order valence-electron chi connectivity index (χ0n) is 8.05. The Morgan fingerprint density at radius 3 is 2.50 bits per heavy atom. The number of phenolic OH excluding ortho intramolecular Hbond substituents is 1. The lowest BCUT2D eigenvalue weighted by Gasteiger charge is -2.05. The van der Waals surface area contributed by atoms with Gasteiger partial charge in [0.1, 0.15) is 5.75 Å². The highest BCUT2D eigenvalue weighted by Gasteiger charge is 2.10. The maximum Gasteiger partial charge on any atom is 0.166 e. The normalized spacial score (nSPS) is 10.4. The van der Waals surface area contributed by atoms with Gasteiger partial charge in [-0.25, -0.2) is 8.78 Å². The number of aromatic hydroxyl groups is 1. The van der Waals surface area contributed by atoms with Gasteiger partial charge in [-0.3, -0.25) is 0 Å². The van der Waals surface area contributed by atoms with Crippen LogP contribution in [0.1, 0.15) is 0 Å². The molecule has 0 aliphatic carbocycles. The number of rotatable bonds is 1. The summed E-state index contributed by atoms with van der Waals surface area (Å²) in [7, 11) is 0. The molecule has 0 atom stereocenters. The van der Waals surface area contributed by atoms with E-state index in [-0.39, 0.29) is 11.3 Å². The zero-order valence-corrected chi connectivity index (χ0v) is 9.63. The molecule has 0 aromatic heterocycles. The van der Waals surface area contributed by atoms with Crippen LogP contribution in [0, 0.1) is 11.6 Å². The van der Waals surface area contributed by atoms with E-state index in [1.807, 2.05) is 0 Å². The van der Waals surface area contributed by atoms with E-state index in [1.165, 1.54) is 24.3 Å². The van der Waals surface area contributed by atoms with Gasteiger partial charge in [-0.05, 0) is 29.8 Å². The molecule has 1 N–H and O–H groups in total. The molecule has 0 radical (unpaired) electrons. The maximum atomic E-state index is 13.5. The van der Waals surface area contributed by atoms with Crippen molar-refractivity contribution in [1.82, 2.24) is 0 Å². The minimum Gasteiger partial charge on any atom is -0.508 e. The molecule has 0 heterocycles. The van der Waals surface area contributed by atoms with Gasteiger partial charge in [-0.2, -0.15) is 0 Å². The predicted octanol–water partition coefficient (Wildman–Crippen LogP) is 4.10. The second-order valence-electron chi connectivity index (χ2n) is 3.30. The Kier molecular flexibility index (Phi) is 2.92. The fourth-order valence-electron chi connectivity index (χ4n) is 1.46. The van der Waals surface area contributed by atoms with Crippen molar-refractivity contribution in [2.24, 2.45) is 0 Å². The molecule has 2 rings (SSSR count). The molecule has 0 unspecified atom stereocenters. The summed E-state index contributed by atoms with van der Waals surface area (Å²) in [5.74, 6) is -1.83. The van der Waals surface area contributed by atoms with E-state index < -0.39 is 11.6 Å². The van der Waals surface area contributed by atoms with Crippen LogP contribution in [0.25, 0.3) is 11.1 Å². The summed E-state index contributed by atoms with van der Waals surface area (Å²) in [6.07, 6.45) is 0. The molecule has 0 saturated heterocycles. The van der Waals surface area contributed by atoms with Crippen molar-refractivity contribution in [3.8, 4) is 16.9 Å². The van der Waals surface area contributed by atoms with Crippen LogP contribution in [-0.4, -0.2) is 5.11 Å². The Morgan fingerprint density at radius 1 is 1.06 bits per heavy atom. The van der Waals surface area contributed by atoms with Crippen LogP contribution in [0.15, 0.2) is 40.9 Å². The minimum atomic E-state index is -0.917. The smallest absolute Gasteiger partial charge is 0.166 e. The molecule has 1 nitrogen and oxygen atoms in total. The molecule has 0 bridgehead atoms. The average Bonchev–Trinajstić information content (AvgIpc) is 2.20. The third-order valence-corrected chi connectivity index (χ3v) is 2.60. The number of benzene rings is 2. The first-order valence-electron chi connectivity index (χ1n) is 4.52. The number of hydrogen-bond acceptors (Lipinski definition) is 1. The Bertz CT molecular complexity index is 520. The average molecular weight is 285 g/mol. The first kappa shape index (κ1) is 11.1. The summed E-state index contributed by atoms with van der Waals surface area (Å²) in [5, 5.41) is 9.37. The number of halogens is 3. The largest absolute Gasteiger partial charge is 0.508 e. The van der Waals surface area contributed by atoms with Crippen LogP contribution in [0.2, 0.25) is 0 Å². The van der Waals surface area contributed by atoms with Crippen LogP contribution in [0.5, 0.6) is 5.75 Å². The minimum absolute atomic E-state index is 0.00645. The molecule has 0 aliphatic rings. The summed E-state index contributed by atoms with van der Waals surface area (Å²) >= 11 is 3.18. The third kappa shape index (κ3) is 2.07. The highest BCUT2D eigenvalue weighted by Crippen LogP contribution is 2.30. The standard InChI is InChI=1S/C12H7BrF2O/c13-8-4-7(5-9(16)6-8)10-2-1-3-11(14)12(10)15/h1-6,16H. The van der Waals surface area contributed by atoms with E-state index in [2.05, 4.69) is 15.9 Å². The van der Waals surface area contributed by atoms with Gasteiger partial charge in [0.05, 0.1) is 0 Å². The van der Waals surface area contributed by atoms with Crippen molar-refractivity contribution in [2.75, 3.05) is 0 Å². The van der Waals surface area contributed by atoms with Gasteiger partial charge >= 0.3 is 0 Å². The van der Waals surface area contributed by atoms with Gasteiger partial charge in [-0.1, -0.05) is 28.1 Å². The molecular weight excluding hydrogens is 278 g/mol. The Morgan fingerprint density at radius 2 is 1.81 bits per heavy atom. The molecule has 0 amide bonds. The van der Waals surface area contributed by atoms with Crippen LogP contribution in [-0.2, 0) is 0 Å². The van der Waals surface area contributed by atoms with E-state index in [4.69, 9.17) is 0 Å². The predicted molar refractivity (Wildman–Crippen MR) is 61.2 cm³/mol. The maximum absolute atomic E-state index is 13.5. The summed E-state index contributed by atoms with van der Waals surface area (Å²) in [6, 6.07) is 8.39. The van der Waals surface area contributed by atoms with Gasteiger partial charge in [0.25, 0.3) is 0 Å². The molecule has 0 spiro atoms. The van der Waals surface area contributed by atoms with Crippen molar-refractivity contribution in [3.05, 3.63) is 52.5 Å². The van der Waals surface area contributed by atoms with Crippen molar-refractivity contribution in [2.45, 2.75) is 0 Å². The third-order valence-electron chi connectivity index (χ3n) is 2.15. The van der Waals surface area contributed by atoms with E-state index in [9.17, 15) is 13.9 Å². The quantitative estimate of drug-likeness (QED) is 0.836. The van der Waals surface area contributed by atoms with Crippen LogP contribution in [0.4, 0.5) is 8.78 Å². The lowest BCUT2D eigenvalue weighted by Crippen LogP contribution is -1.88. The van der Waals surface area contributed by atoms with E-state index in [1.54, 1.807) is 6.07 Å².